The maximum Gasteiger partial charge on any atom is 0.194 e. The third-order valence-corrected chi connectivity index (χ3v) is 2.76. The number of halogens is 3. The van der Waals surface area contributed by atoms with E-state index in [1.807, 2.05) is 13.8 Å². The van der Waals surface area contributed by atoms with Crippen molar-refractivity contribution >= 4 is 0 Å². The van der Waals surface area contributed by atoms with E-state index in [1.54, 1.807) is 0 Å². The first kappa shape index (κ1) is 15.0. The van der Waals surface area contributed by atoms with Crippen LogP contribution in [0.15, 0.2) is 12.1 Å². The van der Waals surface area contributed by atoms with Crippen LogP contribution in [-0.2, 0) is 6.54 Å². The summed E-state index contributed by atoms with van der Waals surface area (Å²) in [5.74, 6) is -3.80. The quantitative estimate of drug-likeness (QED) is 0.771. The summed E-state index contributed by atoms with van der Waals surface area (Å²) in [6, 6.07) is 1.95. The van der Waals surface area contributed by atoms with E-state index >= 15 is 0 Å². The standard InChI is InChI=1S/C13H18F3NO/c1-13(2,3-4-18)8-17-7-9-5-10(14)12(16)11(15)6-9/h5-6,17-18H,3-4,7-8H2,1-2H3. The summed E-state index contributed by atoms with van der Waals surface area (Å²) in [4.78, 5) is 0. The van der Waals surface area contributed by atoms with Crippen LogP contribution in [0.2, 0.25) is 0 Å². The van der Waals surface area contributed by atoms with Gasteiger partial charge in [-0.25, -0.2) is 13.2 Å². The van der Waals surface area contributed by atoms with Gasteiger partial charge in [0.25, 0.3) is 0 Å². The number of hydrogen-bond donors (Lipinski definition) is 2. The second-order valence-electron chi connectivity index (χ2n) is 5.11. The van der Waals surface area contributed by atoms with Gasteiger partial charge < -0.3 is 10.4 Å². The fraction of sp³-hybridized carbons (Fsp3) is 0.538. The molecule has 0 amide bonds. The average molecular weight is 261 g/mol. The third kappa shape index (κ3) is 4.31. The molecule has 1 aromatic rings. The maximum atomic E-state index is 12.9. The molecular formula is C13H18F3NO. The van der Waals surface area contributed by atoms with Crippen LogP contribution in [0.25, 0.3) is 0 Å². The Morgan fingerprint density at radius 2 is 1.72 bits per heavy atom. The Bertz CT molecular complexity index is 384. The topological polar surface area (TPSA) is 32.3 Å². The molecule has 0 fully saturated rings. The molecule has 2 N–H and O–H groups in total. The fourth-order valence-electron chi connectivity index (χ4n) is 1.65. The normalized spacial score (nSPS) is 11.9. The van der Waals surface area contributed by atoms with Gasteiger partial charge in [0, 0.05) is 19.7 Å². The lowest BCUT2D eigenvalue weighted by molar-refractivity contribution is 0.207. The van der Waals surface area contributed by atoms with E-state index in [0.29, 0.717) is 18.5 Å². The Labute approximate surface area is 105 Å². The Kier molecular flexibility index (Phi) is 5.16. The second kappa shape index (κ2) is 6.20. The van der Waals surface area contributed by atoms with E-state index in [-0.39, 0.29) is 18.6 Å². The van der Waals surface area contributed by atoms with Crippen LogP contribution in [-0.4, -0.2) is 18.3 Å². The maximum absolute atomic E-state index is 12.9. The molecule has 1 rings (SSSR count). The van der Waals surface area contributed by atoms with Crippen molar-refractivity contribution in [2.75, 3.05) is 13.2 Å². The molecule has 0 unspecified atom stereocenters. The first-order valence-electron chi connectivity index (χ1n) is 5.81. The highest BCUT2D eigenvalue weighted by Crippen LogP contribution is 2.18. The zero-order valence-corrected chi connectivity index (χ0v) is 10.6. The van der Waals surface area contributed by atoms with Gasteiger partial charge in [-0.1, -0.05) is 13.8 Å². The van der Waals surface area contributed by atoms with Gasteiger partial charge in [-0.3, -0.25) is 0 Å². The van der Waals surface area contributed by atoms with E-state index in [9.17, 15) is 13.2 Å². The average Bonchev–Trinajstić information content (AvgIpc) is 2.25. The molecule has 0 bridgehead atoms. The van der Waals surface area contributed by atoms with Crippen molar-refractivity contribution in [1.29, 1.82) is 0 Å². The van der Waals surface area contributed by atoms with Crippen molar-refractivity contribution < 1.29 is 18.3 Å². The van der Waals surface area contributed by atoms with Crippen molar-refractivity contribution in [2.45, 2.75) is 26.8 Å². The Balaban J connectivity index is 2.54. The van der Waals surface area contributed by atoms with Crippen LogP contribution < -0.4 is 5.32 Å². The van der Waals surface area contributed by atoms with Crippen molar-refractivity contribution in [1.82, 2.24) is 5.32 Å². The first-order valence-corrected chi connectivity index (χ1v) is 5.81. The van der Waals surface area contributed by atoms with Crippen LogP contribution in [0.3, 0.4) is 0 Å². The van der Waals surface area contributed by atoms with Crippen molar-refractivity contribution in [3.63, 3.8) is 0 Å². The van der Waals surface area contributed by atoms with E-state index in [4.69, 9.17) is 5.11 Å². The predicted molar refractivity (Wildman–Crippen MR) is 63.5 cm³/mol. The van der Waals surface area contributed by atoms with Gasteiger partial charge in [-0.05, 0) is 29.5 Å². The molecule has 102 valence electrons. The SMILES string of the molecule is CC(C)(CCO)CNCc1cc(F)c(F)c(F)c1. The van der Waals surface area contributed by atoms with Crippen LogP contribution in [0.4, 0.5) is 13.2 Å². The lowest BCUT2D eigenvalue weighted by atomic mass is 9.90. The van der Waals surface area contributed by atoms with Gasteiger partial charge >= 0.3 is 0 Å². The van der Waals surface area contributed by atoms with Crippen LogP contribution in [0.1, 0.15) is 25.8 Å². The second-order valence-corrected chi connectivity index (χ2v) is 5.11. The number of benzene rings is 1. The summed E-state index contributed by atoms with van der Waals surface area (Å²) in [7, 11) is 0. The van der Waals surface area contributed by atoms with Crippen LogP contribution in [0.5, 0.6) is 0 Å². The van der Waals surface area contributed by atoms with Crippen molar-refractivity contribution in [3.05, 3.63) is 35.1 Å². The molecule has 0 aliphatic carbocycles. The van der Waals surface area contributed by atoms with Crippen molar-refractivity contribution in [2.24, 2.45) is 5.41 Å². The van der Waals surface area contributed by atoms with Gasteiger partial charge in [0.15, 0.2) is 17.5 Å². The lowest BCUT2D eigenvalue weighted by Gasteiger charge is -2.24. The minimum atomic E-state index is -1.45. The molecule has 0 saturated heterocycles. The van der Waals surface area contributed by atoms with Gasteiger partial charge in [0.1, 0.15) is 0 Å². The summed E-state index contributed by atoms with van der Waals surface area (Å²) >= 11 is 0. The summed E-state index contributed by atoms with van der Waals surface area (Å²) in [5, 5.41) is 11.9. The zero-order valence-electron chi connectivity index (χ0n) is 10.6. The molecule has 0 spiro atoms. The largest absolute Gasteiger partial charge is 0.396 e. The number of hydrogen-bond acceptors (Lipinski definition) is 2. The number of nitrogens with one attached hydrogen (secondary N) is 1. The molecule has 0 aliphatic rings. The Hall–Kier alpha value is -1.07. The highest BCUT2D eigenvalue weighted by atomic mass is 19.2. The van der Waals surface area contributed by atoms with Gasteiger partial charge in [0.05, 0.1) is 0 Å². The van der Waals surface area contributed by atoms with Crippen LogP contribution >= 0.6 is 0 Å². The first-order chi connectivity index (χ1) is 8.35. The number of aliphatic hydroxyl groups excluding tert-OH is 1. The van der Waals surface area contributed by atoms with E-state index in [0.717, 1.165) is 12.1 Å². The van der Waals surface area contributed by atoms with Crippen LogP contribution in [0, 0.1) is 22.9 Å². The monoisotopic (exact) mass is 261 g/mol. The molecule has 0 saturated carbocycles. The summed E-state index contributed by atoms with van der Waals surface area (Å²) in [6.45, 7) is 4.88. The van der Waals surface area contributed by atoms with Gasteiger partial charge in [0.2, 0.25) is 0 Å². The molecular weight excluding hydrogens is 243 g/mol. The molecule has 0 aliphatic heterocycles. The summed E-state index contributed by atoms with van der Waals surface area (Å²) in [6.07, 6.45) is 0.631. The highest BCUT2D eigenvalue weighted by Gasteiger charge is 2.16. The van der Waals surface area contributed by atoms with E-state index < -0.39 is 17.5 Å². The molecule has 0 aromatic heterocycles. The van der Waals surface area contributed by atoms with E-state index in [2.05, 4.69) is 5.32 Å². The van der Waals surface area contributed by atoms with E-state index in [1.165, 1.54) is 0 Å². The summed E-state index contributed by atoms with van der Waals surface area (Å²) in [5.41, 5.74) is 0.248. The molecule has 0 radical (unpaired) electrons. The molecule has 1 aromatic carbocycles. The minimum absolute atomic E-state index is 0.0918. The molecule has 18 heavy (non-hydrogen) atoms. The molecule has 2 nitrogen and oxygen atoms in total. The predicted octanol–water partition coefficient (Wildman–Crippen LogP) is 2.60. The minimum Gasteiger partial charge on any atom is -0.396 e. The Morgan fingerprint density at radius 1 is 1.17 bits per heavy atom. The lowest BCUT2D eigenvalue weighted by Crippen LogP contribution is -2.30. The molecule has 0 atom stereocenters. The van der Waals surface area contributed by atoms with Gasteiger partial charge in [-0.2, -0.15) is 0 Å². The smallest absolute Gasteiger partial charge is 0.194 e. The fourth-order valence-corrected chi connectivity index (χ4v) is 1.65. The summed E-state index contributed by atoms with van der Waals surface area (Å²) < 4.78 is 38.6. The number of rotatable bonds is 6. The van der Waals surface area contributed by atoms with Gasteiger partial charge in [-0.15, -0.1) is 0 Å². The molecule has 5 heteroatoms. The third-order valence-electron chi connectivity index (χ3n) is 2.76. The van der Waals surface area contributed by atoms with Crippen molar-refractivity contribution in [3.8, 4) is 0 Å². The zero-order chi connectivity index (χ0) is 13.8. The highest BCUT2D eigenvalue weighted by molar-refractivity contribution is 5.19. The molecule has 0 heterocycles. The number of aliphatic hydroxyl groups is 1. The Morgan fingerprint density at radius 3 is 2.22 bits per heavy atom.